The Morgan fingerprint density at radius 2 is 2.21 bits per heavy atom. The molecule has 3 aromatic heterocycles. The van der Waals surface area contributed by atoms with Crippen LogP contribution in [0, 0.1) is 6.92 Å². The molecule has 0 fully saturated rings. The molecule has 0 unspecified atom stereocenters. The van der Waals surface area contributed by atoms with Gasteiger partial charge in [-0.15, -0.1) is 0 Å². The lowest BCUT2D eigenvalue weighted by atomic mass is 10.0. The molecule has 0 atom stereocenters. The van der Waals surface area contributed by atoms with E-state index in [0.717, 1.165) is 22.4 Å². The Bertz CT molecular complexity index is 714. The van der Waals surface area contributed by atoms with Crippen LogP contribution >= 0.6 is 0 Å². The van der Waals surface area contributed by atoms with E-state index in [1.54, 1.807) is 17.1 Å². The highest BCUT2D eigenvalue weighted by Crippen LogP contribution is 2.36. The number of pyridine rings is 1. The van der Waals surface area contributed by atoms with Gasteiger partial charge in [0, 0.05) is 36.8 Å². The van der Waals surface area contributed by atoms with E-state index in [9.17, 15) is 0 Å². The van der Waals surface area contributed by atoms with Gasteiger partial charge in [0.05, 0.1) is 11.3 Å². The van der Waals surface area contributed by atoms with E-state index < -0.39 is 0 Å². The van der Waals surface area contributed by atoms with Gasteiger partial charge < -0.3 is 10.3 Å². The molecule has 3 rings (SSSR count). The summed E-state index contributed by atoms with van der Waals surface area (Å²) in [6.07, 6.45) is 5.34. The number of anilines is 1. The van der Waals surface area contributed by atoms with Crippen LogP contribution < -0.4 is 5.73 Å². The van der Waals surface area contributed by atoms with Crippen molar-refractivity contribution in [1.29, 1.82) is 0 Å². The van der Waals surface area contributed by atoms with Gasteiger partial charge in [-0.25, -0.2) is 0 Å². The van der Waals surface area contributed by atoms with Crippen molar-refractivity contribution in [2.24, 2.45) is 7.05 Å². The first-order chi connectivity index (χ1) is 9.16. The van der Waals surface area contributed by atoms with Crippen molar-refractivity contribution in [3.63, 3.8) is 0 Å². The summed E-state index contributed by atoms with van der Waals surface area (Å²) in [5.74, 6) is 0.284. The maximum absolute atomic E-state index is 5.88. The van der Waals surface area contributed by atoms with Gasteiger partial charge in [0.1, 0.15) is 5.69 Å². The molecule has 6 nitrogen and oxygen atoms in total. The highest BCUT2D eigenvalue weighted by Gasteiger charge is 2.20. The molecule has 3 heterocycles. The van der Waals surface area contributed by atoms with Crippen LogP contribution in [0.15, 0.2) is 35.2 Å². The summed E-state index contributed by atoms with van der Waals surface area (Å²) in [4.78, 5) is 4.10. The lowest BCUT2D eigenvalue weighted by Crippen LogP contribution is -1.88. The molecule has 0 saturated heterocycles. The first kappa shape index (κ1) is 11.5. The van der Waals surface area contributed by atoms with E-state index in [0.29, 0.717) is 5.69 Å². The van der Waals surface area contributed by atoms with Crippen LogP contribution in [0.3, 0.4) is 0 Å². The summed E-state index contributed by atoms with van der Waals surface area (Å²) in [5.41, 5.74) is 9.98. The van der Waals surface area contributed by atoms with E-state index in [1.165, 1.54) is 0 Å². The number of nitrogen functional groups attached to an aromatic ring is 1. The van der Waals surface area contributed by atoms with Gasteiger partial charge in [-0.2, -0.15) is 5.10 Å². The molecule has 0 saturated carbocycles. The highest BCUT2D eigenvalue weighted by molar-refractivity contribution is 5.86. The number of aryl methyl sites for hydroxylation is 2. The first-order valence-electron chi connectivity index (χ1n) is 5.83. The van der Waals surface area contributed by atoms with Crippen LogP contribution in [-0.2, 0) is 7.05 Å². The van der Waals surface area contributed by atoms with Crippen LogP contribution in [0.5, 0.6) is 0 Å². The molecule has 96 valence electrons. The lowest BCUT2D eigenvalue weighted by Gasteiger charge is -2.00. The SMILES string of the molecule is Cc1nn(C)cc1-c1noc(N)c1-c1cccnc1. The summed E-state index contributed by atoms with van der Waals surface area (Å²) in [6.45, 7) is 1.92. The predicted octanol–water partition coefficient (Wildman–Crippen LogP) is 2.03. The van der Waals surface area contributed by atoms with E-state index in [-0.39, 0.29) is 5.88 Å². The van der Waals surface area contributed by atoms with Crippen LogP contribution in [0.2, 0.25) is 0 Å². The summed E-state index contributed by atoms with van der Waals surface area (Å²) >= 11 is 0. The van der Waals surface area contributed by atoms with Crippen molar-refractivity contribution in [2.75, 3.05) is 5.73 Å². The van der Waals surface area contributed by atoms with Gasteiger partial charge >= 0.3 is 0 Å². The third-order valence-electron chi connectivity index (χ3n) is 2.94. The standard InChI is InChI=1S/C13H13N5O/c1-8-10(7-18(2)16-8)12-11(13(14)19-17-12)9-4-3-5-15-6-9/h3-7H,14H2,1-2H3. The fraction of sp³-hybridized carbons (Fsp3) is 0.154. The third-order valence-corrected chi connectivity index (χ3v) is 2.94. The van der Waals surface area contributed by atoms with Gasteiger partial charge in [0.15, 0.2) is 0 Å². The topological polar surface area (TPSA) is 82.8 Å². The fourth-order valence-corrected chi connectivity index (χ4v) is 2.11. The van der Waals surface area contributed by atoms with Crippen molar-refractivity contribution in [3.05, 3.63) is 36.4 Å². The molecule has 19 heavy (non-hydrogen) atoms. The van der Waals surface area contributed by atoms with Crippen LogP contribution in [0.4, 0.5) is 5.88 Å². The van der Waals surface area contributed by atoms with E-state index >= 15 is 0 Å². The molecule has 3 aromatic rings. The van der Waals surface area contributed by atoms with Crippen molar-refractivity contribution in [3.8, 4) is 22.4 Å². The van der Waals surface area contributed by atoms with Crippen LogP contribution in [-0.4, -0.2) is 19.9 Å². The molecular formula is C13H13N5O. The Morgan fingerprint density at radius 3 is 2.84 bits per heavy atom. The molecule has 6 heteroatoms. The molecule has 0 aliphatic heterocycles. The molecule has 0 aromatic carbocycles. The molecular weight excluding hydrogens is 242 g/mol. The van der Waals surface area contributed by atoms with Crippen LogP contribution in [0.1, 0.15) is 5.69 Å². The third kappa shape index (κ3) is 1.87. The summed E-state index contributed by atoms with van der Waals surface area (Å²) < 4.78 is 6.87. The molecule has 0 aliphatic rings. The normalized spacial score (nSPS) is 10.8. The molecule has 0 bridgehead atoms. The lowest BCUT2D eigenvalue weighted by molar-refractivity contribution is 0.439. The maximum Gasteiger partial charge on any atom is 0.230 e. The number of nitrogens with zero attached hydrogens (tertiary/aromatic N) is 4. The minimum atomic E-state index is 0.284. The quantitative estimate of drug-likeness (QED) is 0.757. The molecule has 0 spiro atoms. The average Bonchev–Trinajstić information content (AvgIpc) is 2.93. The molecule has 0 aliphatic carbocycles. The first-order valence-corrected chi connectivity index (χ1v) is 5.83. The van der Waals surface area contributed by atoms with Gasteiger partial charge in [0.25, 0.3) is 0 Å². The van der Waals surface area contributed by atoms with E-state index in [1.807, 2.05) is 32.3 Å². The molecule has 2 N–H and O–H groups in total. The Kier molecular flexibility index (Phi) is 2.56. The largest absolute Gasteiger partial charge is 0.367 e. The average molecular weight is 255 g/mol. The summed E-state index contributed by atoms with van der Waals surface area (Å²) in [5, 5.41) is 8.37. The molecule has 0 amide bonds. The zero-order valence-electron chi connectivity index (χ0n) is 10.7. The van der Waals surface area contributed by atoms with Gasteiger partial charge in [-0.05, 0) is 13.0 Å². The summed E-state index contributed by atoms with van der Waals surface area (Å²) in [7, 11) is 1.86. The Balaban J connectivity index is 2.22. The predicted molar refractivity (Wildman–Crippen MR) is 71.1 cm³/mol. The zero-order chi connectivity index (χ0) is 13.4. The molecule has 0 radical (unpaired) electrons. The second kappa shape index (κ2) is 4.24. The highest BCUT2D eigenvalue weighted by atomic mass is 16.5. The van der Waals surface area contributed by atoms with Crippen molar-refractivity contribution in [1.82, 2.24) is 19.9 Å². The summed E-state index contributed by atoms with van der Waals surface area (Å²) in [6, 6.07) is 3.77. The zero-order valence-corrected chi connectivity index (χ0v) is 10.7. The number of rotatable bonds is 2. The van der Waals surface area contributed by atoms with Gasteiger partial charge in [0.2, 0.25) is 5.88 Å². The second-order valence-corrected chi connectivity index (χ2v) is 4.31. The van der Waals surface area contributed by atoms with Crippen molar-refractivity contribution in [2.45, 2.75) is 6.92 Å². The Labute approximate surface area is 109 Å². The Hall–Kier alpha value is -2.63. The van der Waals surface area contributed by atoms with Gasteiger partial charge in [-0.1, -0.05) is 11.2 Å². The number of nitrogens with two attached hydrogens (primary N) is 1. The minimum absolute atomic E-state index is 0.284. The second-order valence-electron chi connectivity index (χ2n) is 4.31. The number of aromatic nitrogens is 4. The van der Waals surface area contributed by atoms with E-state index in [2.05, 4.69) is 15.2 Å². The monoisotopic (exact) mass is 255 g/mol. The smallest absolute Gasteiger partial charge is 0.230 e. The Morgan fingerprint density at radius 1 is 1.37 bits per heavy atom. The number of hydrogen-bond donors (Lipinski definition) is 1. The maximum atomic E-state index is 5.88. The fourth-order valence-electron chi connectivity index (χ4n) is 2.11. The van der Waals surface area contributed by atoms with E-state index in [4.69, 9.17) is 10.3 Å². The number of hydrogen-bond acceptors (Lipinski definition) is 5. The minimum Gasteiger partial charge on any atom is -0.367 e. The van der Waals surface area contributed by atoms with Crippen molar-refractivity contribution >= 4 is 5.88 Å². The van der Waals surface area contributed by atoms with Crippen molar-refractivity contribution < 1.29 is 4.52 Å². The van der Waals surface area contributed by atoms with Gasteiger partial charge in [-0.3, -0.25) is 9.67 Å². The van der Waals surface area contributed by atoms with Crippen LogP contribution in [0.25, 0.3) is 22.4 Å².